The summed E-state index contributed by atoms with van der Waals surface area (Å²) in [5.74, 6) is 0.264. The topological polar surface area (TPSA) is 90.5 Å². The van der Waals surface area contributed by atoms with Gasteiger partial charge in [0.15, 0.2) is 0 Å². The Morgan fingerprint density at radius 1 is 1.05 bits per heavy atom. The fraction of sp³-hybridized carbons (Fsp3) is 0.719. The van der Waals surface area contributed by atoms with E-state index in [4.69, 9.17) is 0 Å². The van der Waals surface area contributed by atoms with Crippen LogP contribution in [0.4, 0.5) is 4.39 Å². The van der Waals surface area contributed by atoms with Crippen molar-refractivity contribution < 1.29 is 18.8 Å². The molecule has 0 bridgehead atoms. The monoisotopic (exact) mass is 556 g/mol. The third-order valence-electron chi connectivity index (χ3n) is 9.24. The molecule has 2 saturated heterocycles. The molecule has 0 aromatic heterocycles. The van der Waals surface area contributed by atoms with Gasteiger partial charge in [0.2, 0.25) is 17.7 Å². The molecule has 0 radical (unpaired) electrons. The van der Waals surface area contributed by atoms with Crippen LogP contribution in [-0.4, -0.2) is 59.9 Å². The first-order chi connectivity index (χ1) is 19.0. The molecular formula is C32H49FN4O3. The predicted molar refractivity (Wildman–Crippen MR) is 155 cm³/mol. The average Bonchev–Trinajstić information content (AvgIpc) is 2.93. The average molecular weight is 557 g/mol. The number of nitrogens with one attached hydrogen (secondary N) is 3. The first kappa shape index (κ1) is 30.5. The molecule has 3 fully saturated rings. The summed E-state index contributed by atoms with van der Waals surface area (Å²) in [6.07, 6.45) is 8.95. The molecule has 1 aliphatic carbocycles. The van der Waals surface area contributed by atoms with Crippen LogP contribution in [0, 0.1) is 23.1 Å². The highest BCUT2D eigenvalue weighted by molar-refractivity contribution is 5.90. The van der Waals surface area contributed by atoms with E-state index in [2.05, 4.69) is 22.9 Å². The Bertz CT molecular complexity index is 1020. The number of hydrogen-bond donors (Lipinski definition) is 3. The second-order valence-corrected chi connectivity index (χ2v) is 13.5. The van der Waals surface area contributed by atoms with E-state index in [1.165, 1.54) is 18.6 Å². The zero-order chi connectivity index (χ0) is 28.9. The van der Waals surface area contributed by atoms with Gasteiger partial charge in [0.05, 0.1) is 11.5 Å². The molecule has 3 aliphatic rings. The SMILES string of the molecule is CC1CCN[C@H](C(=O)N[C@H](Cc2ccc(F)cc2)C(=O)N2CCC(C(=O)NC(C)(C)C)(C3CCCCC3)CC2)C1. The maximum atomic E-state index is 14.0. The van der Waals surface area contributed by atoms with Crippen LogP contribution in [0.2, 0.25) is 0 Å². The Labute approximate surface area is 239 Å². The molecule has 8 heteroatoms. The molecule has 1 aromatic rings. The van der Waals surface area contributed by atoms with E-state index in [1.54, 1.807) is 12.1 Å². The molecular weight excluding hydrogens is 507 g/mol. The Balaban J connectivity index is 1.50. The van der Waals surface area contributed by atoms with Gasteiger partial charge < -0.3 is 20.9 Å². The van der Waals surface area contributed by atoms with Gasteiger partial charge in [0.1, 0.15) is 11.9 Å². The summed E-state index contributed by atoms with van der Waals surface area (Å²) in [4.78, 5) is 42.8. The van der Waals surface area contributed by atoms with E-state index in [0.717, 1.165) is 50.6 Å². The third-order valence-corrected chi connectivity index (χ3v) is 9.24. The standard InChI is InChI=1S/C32H49FN4O3/c1-22-14-17-34-26(20-22)28(38)35-27(21-23-10-12-25(33)13-11-23)29(39)37-18-15-32(16-19-37,24-8-6-5-7-9-24)30(40)36-31(2,3)4/h10-13,22,24,26-27,34H,5-9,14-21H2,1-4H3,(H,35,38)(H,36,40)/t22?,26-,27+/m0/s1. The second-order valence-electron chi connectivity index (χ2n) is 13.5. The summed E-state index contributed by atoms with van der Waals surface area (Å²) in [7, 11) is 0. The molecule has 3 atom stereocenters. The number of benzene rings is 1. The van der Waals surface area contributed by atoms with Gasteiger partial charge in [-0.05, 0) is 95.4 Å². The summed E-state index contributed by atoms with van der Waals surface area (Å²) in [6, 6.07) is 5.04. The van der Waals surface area contributed by atoms with E-state index in [9.17, 15) is 18.8 Å². The molecule has 1 unspecified atom stereocenters. The molecule has 40 heavy (non-hydrogen) atoms. The van der Waals surface area contributed by atoms with Crippen LogP contribution in [0.5, 0.6) is 0 Å². The highest BCUT2D eigenvalue weighted by Crippen LogP contribution is 2.46. The van der Waals surface area contributed by atoms with Crippen molar-refractivity contribution >= 4 is 17.7 Å². The number of carbonyl (C=O) groups is 3. The number of halogens is 1. The lowest BCUT2D eigenvalue weighted by atomic mass is 9.63. The van der Waals surface area contributed by atoms with Crippen molar-refractivity contribution in [3.05, 3.63) is 35.6 Å². The van der Waals surface area contributed by atoms with Gasteiger partial charge in [0.25, 0.3) is 0 Å². The van der Waals surface area contributed by atoms with Gasteiger partial charge in [0, 0.05) is 25.0 Å². The highest BCUT2D eigenvalue weighted by atomic mass is 19.1. The zero-order valence-electron chi connectivity index (χ0n) is 24.9. The Hall–Kier alpha value is -2.48. The largest absolute Gasteiger partial charge is 0.351 e. The first-order valence-electron chi connectivity index (χ1n) is 15.4. The molecule has 222 valence electrons. The molecule has 2 aliphatic heterocycles. The Kier molecular flexibility index (Phi) is 9.91. The van der Waals surface area contributed by atoms with Crippen molar-refractivity contribution in [3.63, 3.8) is 0 Å². The van der Waals surface area contributed by atoms with Crippen molar-refractivity contribution in [1.29, 1.82) is 0 Å². The van der Waals surface area contributed by atoms with E-state index in [-0.39, 0.29) is 35.1 Å². The number of amides is 3. The van der Waals surface area contributed by atoms with Crippen molar-refractivity contribution in [3.8, 4) is 0 Å². The van der Waals surface area contributed by atoms with Crippen molar-refractivity contribution in [2.45, 2.75) is 110 Å². The molecule has 4 rings (SSSR count). The van der Waals surface area contributed by atoms with Crippen LogP contribution in [0.3, 0.4) is 0 Å². The normalized spacial score (nSPS) is 24.7. The third kappa shape index (κ3) is 7.62. The summed E-state index contributed by atoms with van der Waals surface area (Å²) in [5.41, 5.74) is 0.00611. The lowest BCUT2D eigenvalue weighted by molar-refractivity contribution is -0.147. The van der Waals surface area contributed by atoms with E-state index >= 15 is 0 Å². The maximum absolute atomic E-state index is 14.0. The van der Waals surface area contributed by atoms with E-state index in [1.807, 2.05) is 25.7 Å². The van der Waals surface area contributed by atoms with Crippen molar-refractivity contribution in [1.82, 2.24) is 20.9 Å². The summed E-state index contributed by atoms with van der Waals surface area (Å²) < 4.78 is 13.6. The molecule has 1 aromatic carbocycles. The second kappa shape index (κ2) is 13.0. The summed E-state index contributed by atoms with van der Waals surface area (Å²) in [6.45, 7) is 9.95. The van der Waals surface area contributed by atoms with E-state index in [0.29, 0.717) is 44.2 Å². The molecule has 3 N–H and O–H groups in total. The Morgan fingerprint density at radius 3 is 2.30 bits per heavy atom. The number of hydrogen-bond acceptors (Lipinski definition) is 4. The van der Waals surface area contributed by atoms with Crippen LogP contribution in [0.15, 0.2) is 24.3 Å². The minimum Gasteiger partial charge on any atom is -0.351 e. The molecule has 3 amide bonds. The minimum absolute atomic E-state index is 0.118. The summed E-state index contributed by atoms with van der Waals surface area (Å²) >= 11 is 0. The fourth-order valence-corrected chi connectivity index (χ4v) is 6.92. The van der Waals surface area contributed by atoms with Gasteiger partial charge >= 0.3 is 0 Å². The van der Waals surface area contributed by atoms with Gasteiger partial charge in [-0.3, -0.25) is 14.4 Å². The van der Waals surface area contributed by atoms with Crippen LogP contribution in [0.25, 0.3) is 0 Å². The Morgan fingerprint density at radius 2 is 1.70 bits per heavy atom. The van der Waals surface area contributed by atoms with Gasteiger partial charge in [-0.25, -0.2) is 4.39 Å². The minimum atomic E-state index is -0.748. The van der Waals surface area contributed by atoms with Crippen LogP contribution >= 0.6 is 0 Å². The number of rotatable bonds is 7. The quantitative estimate of drug-likeness (QED) is 0.466. The van der Waals surface area contributed by atoms with Crippen molar-refractivity contribution in [2.24, 2.45) is 17.3 Å². The molecule has 1 saturated carbocycles. The van der Waals surface area contributed by atoms with Crippen LogP contribution in [-0.2, 0) is 20.8 Å². The number of likely N-dealkylation sites (tertiary alicyclic amines) is 1. The fourth-order valence-electron chi connectivity index (χ4n) is 6.92. The molecule has 2 heterocycles. The molecule has 7 nitrogen and oxygen atoms in total. The molecule has 0 spiro atoms. The smallest absolute Gasteiger partial charge is 0.245 e. The van der Waals surface area contributed by atoms with Gasteiger partial charge in [-0.2, -0.15) is 0 Å². The maximum Gasteiger partial charge on any atom is 0.245 e. The van der Waals surface area contributed by atoms with Gasteiger partial charge in [-0.15, -0.1) is 0 Å². The number of piperidine rings is 2. The zero-order valence-corrected chi connectivity index (χ0v) is 24.9. The lowest BCUT2D eigenvalue weighted by Crippen LogP contribution is -2.60. The number of carbonyl (C=O) groups excluding carboxylic acids is 3. The van der Waals surface area contributed by atoms with E-state index < -0.39 is 11.5 Å². The van der Waals surface area contributed by atoms with Crippen LogP contribution in [0.1, 0.15) is 91.0 Å². The number of nitrogens with zero attached hydrogens (tertiary/aromatic N) is 1. The highest BCUT2D eigenvalue weighted by Gasteiger charge is 2.49. The first-order valence-corrected chi connectivity index (χ1v) is 15.4. The predicted octanol–water partition coefficient (Wildman–Crippen LogP) is 4.34. The van der Waals surface area contributed by atoms with Crippen molar-refractivity contribution in [2.75, 3.05) is 19.6 Å². The summed E-state index contributed by atoms with van der Waals surface area (Å²) in [5, 5.41) is 9.59. The lowest BCUT2D eigenvalue weighted by Gasteiger charge is -2.48. The van der Waals surface area contributed by atoms with Crippen LogP contribution < -0.4 is 16.0 Å². The van der Waals surface area contributed by atoms with Gasteiger partial charge in [-0.1, -0.05) is 38.3 Å².